The van der Waals surface area contributed by atoms with E-state index in [1.807, 2.05) is 62.4 Å². The molecule has 0 spiro atoms. The monoisotopic (exact) mass is 386 g/mol. The lowest BCUT2D eigenvalue weighted by atomic mass is 9.87. The molecule has 0 bridgehead atoms. The Bertz CT molecular complexity index is 1010. The third kappa shape index (κ3) is 3.85. The van der Waals surface area contributed by atoms with Crippen molar-refractivity contribution in [2.45, 2.75) is 19.8 Å². The minimum Gasteiger partial charge on any atom is -0.457 e. The summed E-state index contributed by atoms with van der Waals surface area (Å²) in [7, 11) is 0. The van der Waals surface area contributed by atoms with Crippen molar-refractivity contribution in [2.75, 3.05) is 10.6 Å². The van der Waals surface area contributed by atoms with Gasteiger partial charge in [0.15, 0.2) is 0 Å². The van der Waals surface area contributed by atoms with Crippen LogP contribution in [0.2, 0.25) is 0 Å². The van der Waals surface area contributed by atoms with Gasteiger partial charge in [0, 0.05) is 28.4 Å². The molecule has 0 radical (unpaired) electrons. The van der Waals surface area contributed by atoms with Gasteiger partial charge in [-0.15, -0.1) is 0 Å². The molecule has 5 nitrogen and oxygen atoms in total. The van der Waals surface area contributed by atoms with Crippen LogP contribution in [0.3, 0.4) is 0 Å². The van der Waals surface area contributed by atoms with Gasteiger partial charge >= 0.3 is 0 Å². The number of carbonyl (C=O) groups is 2. The normalized spacial score (nSPS) is 12.5. The van der Waals surface area contributed by atoms with Crippen LogP contribution < -0.4 is 15.4 Å². The number of para-hydroxylation sites is 2. The molecule has 0 atom stereocenters. The second-order valence-electron chi connectivity index (χ2n) is 7.32. The Balaban J connectivity index is 1.57. The molecule has 2 N–H and O–H groups in total. The molecule has 1 aliphatic heterocycles. The molecule has 3 aromatic carbocycles. The molecule has 4 rings (SSSR count). The zero-order valence-electron chi connectivity index (χ0n) is 16.3. The number of hydrogen-bond acceptors (Lipinski definition) is 3. The van der Waals surface area contributed by atoms with Crippen molar-refractivity contribution >= 4 is 23.2 Å². The highest BCUT2D eigenvalue weighted by Crippen LogP contribution is 2.44. The fourth-order valence-corrected chi connectivity index (χ4v) is 3.33. The van der Waals surface area contributed by atoms with Gasteiger partial charge in [0.05, 0.1) is 5.92 Å². The van der Waals surface area contributed by atoms with Crippen molar-refractivity contribution in [3.05, 3.63) is 83.9 Å². The number of amides is 2. The van der Waals surface area contributed by atoms with E-state index in [0.717, 1.165) is 11.1 Å². The molecular weight excluding hydrogens is 364 g/mol. The van der Waals surface area contributed by atoms with Crippen LogP contribution in [-0.2, 0) is 9.59 Å². The first kappa shape index (κ1) is 18.7. The second-order valence-corrected chi connectivity index (χ2v) is 7.32. The van der Waals surface area contributed by atoms with Crippen LogP contribution in [0.15, 0.2) is 72.8 Å². The number of hydrogen-bond donors (Lipinski definition) is 2. The van der Waals surface area contributed by atoms with Crippen LogP contribution in [0.25, 0.3) is 0 Å². The van der Waals surface area contributed by atoms with Crippen molar-refractivity contribution in [1.82, 2.24) is 0 Å². The van der Waals surface area contributed by atoms with Crippen LogP contribution in [-0.4, -0.2) is 11.8 Å². The third-order valence-electron chi connectivity index (χ3n) is 4.89. The van der Waals surface area contributed by atoms with E-state index in [4.69, 9.17) is 4.74 Å². The van der Waals surface area contributed by atoms with Crippen molar-refractivity contribution < 1.29 is 14.3 Å². The van der Waals surface area contributed by atoms with Crippen LogP contribution in [0.4, 0.5) is 11.4 Å². The first-order valence-electron chi connectivity index (χ1n) is 9.60. The van der Waals surface area contributed by atoms with Gasteiger partial charge in [0.2, 0.25) is 11.8 Å². The number of carbonyl (C=O) groups excluding carboxylic acids is 2. The molecule has 0 saturated heterocycles. The largest absolute Gasteiger partial charge is 0.457 e. The number of rotatable bonds is 4. The maximum absolute atomic E-state index is 13.2. The Morgan fingerprint density at radius 3 is 1.76 bits per heavy atom. The maximum Gasteiger partial charge on any atom is 0.236 e. The minimum absolute atomic E-state index is 0.0443. The molecule has 2 amide bonds. The molecule has 0 fully saturated rings. The molecule has 1 heterocycles. The molecule has 0 aliphatic carbocycles. The summed E-state index contributed by atoms with van der Waals surface area (Å²) in [6, 6.07) is 22.3. The maximum atomic E-state index is 13.2. The van der Waals surface area contributed by atoms with E-state index < -0.39 is 5.92 Å². The van der Waals surface area contributed by atoms with Gasteiger partial charge in [-0.1, -0.05) is 50.2 Å². The van der Waals surface area contributed by atoms with E-state index in [-0.39, 0.29) is 17.7 Å². The second kappa shape index (κ2) is 7.80. The summed E-state index contributed by atoms with van der Waals surface area (Å²) in [5, 5.41) is 5.83. The molecular formula is C24H22N2O3. The van der Waals surface area contributed by atoms with Gasteiger partial charge in [0.25, 0.3) is 0 Å². The Morgan fingerprint density at radius 2 is 1.24 bits per heavy atom. The molecule has 146 valence electrons. The molecule has 0 aromatic heterocycles. The highest BCUT2D eigenvalue weighted by molar-refractivity contribution is 6.00. The smallest absolute Gasteiger partial charge is 0.236 e. The number of fused-ring (bicyclic) bond motifs is 2. The van der Waals surface area contributed by atoms with E-state index in [1.54, 1.807) is 24.3 Å². The van der Waals surface area contributed by atoms with Crippen LogP contribution in [0, 0.1) is 5.92 Å². The van der Waals surface area contributed by atoms with E-state index >= 15 is 0 Å². The van der Waals surface area contributed by atoms with Gasteiger partial charge in [-0.2, -0.15) is 0 Å². The lowest BCUT2D eigenvalue weighted by Crippen LogP contribution is -2.25. The van der Waals surface area contributed by atoms with E-state index in [0.29, 0.717) is 22.9 Å². The topological polar surface area (TPSA) is 67.4 Å². The fourth-order valence-electron chi connectivity index (χ4n) is 3.33. The first-order valence-corrected chi connectivity index (χ1v) is 9.60. The van der Waals surface area contributed by atoms with E-state index in [1.165, 1.54) is 0 Å². The van der Waals surface area contributed by atoms with Crippen molar-refractivity contribution in [3.8, 4) is 11.5 Å². The average molecular weight is 386 g/mol. The number of nitrogens with one attached hydrogen (secondary N) is 2. The number of benzene rings is 3. The van der Waals surface area contributed by atoms with Crippen LogP contribution >= 0.6 is 0 Å². The molecule has 5 heteroatoms. The lowest BCUT2D eigenvalue weighted by Gasteiger charge is -2.27. The van der Waals surface area contributed by atoms with Crippen molar-refractivity contribution in [1.29, 1.82) is 0 Å². The zero-order chi connectivity index (χ0) is 20.4. The Kier molecular flexibility index (Phi) is 5.04. The van der Waals surface area contributed by atoms with Crippen LogP contribution in [0.5, 0.6) is 11.5 Å². The predicted octanol–water partition coefficient (Wildman–Crippen LogP) is 5.16. The molecule has 0 saturated carbocycles. The van der Waals surface area contributed by atoms with Gasteiger partial charge in [-0.25, -0.2) is 0 Å². The fraction of sp³-hybridized carbons (Fsp3) is 0.167. The van der Waals surface area contributed by atoms with Gasteiger partial charge in [-0.05, 0) is 36.4 Å². The quantitative estimate of drug-likeness (QED) is 0.651. The van der Waals surface area contributed by atoms with Gasteiger partial charge in [-0.3, -0.25) is 9.59 Å². The van der Waals surface area contributed by atoms with Gasteiger partial charge in [0.1, 0.15) is 11.5 Å². The van der Waals surface area contributed by atoms with E-state index in [9.17, 15) is 9.59 Å². The predicted molar refractivity (Wildman–Crippen MR) is 113 cm³/mol. The summed E-state index contributed by atoms with van der Waals surface area (Å²) in [6.45, 7) is 3.68. The zero-order valence-corrected chi connectivity index (χ0v) is 16.3. The number of anilines is 2. The minimum atomic E-state index is -0.462. The standard InChI is InChI=1S/C24H22N2O3/c1-15(2)23(27)25-16-11-13-17(14-12-16)26-24(28)22-18-7-3-5-9-20(18)29-21-10-6-4-8-19(21)22/h3-15,22H,1-2H3,(H,25,27)(H,26,28). The average Bonchev–Trinajstić information content (AvgIpc) is 2.73. The summed E-state index contributed by atoms with van der Waals surface area (Å²) in [5.41, 5.74) is 3.04. The molecule has 29 heavy (non-hydrogen) atoms. The van der Waals surface area contributed by atoms with Crippen LogP contribution in [0.1, 0.15) is 30.9 Å². The van der Waals surface area contributed by atoms with E-state index in [2.05, 4.69) is 10.6 Å². The lowest BCUT2D eigenvalue weighted by molar-refractivity contribution is -0.119. The Labute approximate surface area is 169 Å². The summed E-state index contributed by atoms with van der Waals surface area (Å²) < 4.78 is 5.96. The Hall–Kier alpha value is -3.60. The van der Waals surface area contributed by atoms with Crippen molar-refractivity contribution in [3.63, 3.8) is 0 Å². The Morgan fingerprint density at radius 1 is 0.759 bits per heavy atom. The van der Waals surface area contributed by atoms with Crippen molar-refractivity contribution in [2.24, 2.45) is 5.92 Å². The third-order valence-corrected chi connectivity index (χ3v) is 4.89. The summed E-state index contributed by atoms with van der Waals surface area (Å²) in [4.78, 5) is 25.0. The highest BCUT2D eigenvalue weighted by atomic mass is 16.5. The molecule has 1 aliphatic rings. The summed E-state index contributed by atoms with van der Waals surface area (Å²) in [5.74, 6) is 0.653. The molecule has 0 unspecified atom stereocenters. The van der Waals surface area contributed by atoms with Gasteiger partial charge < -0.3 is 15.4 Å². The highest BCUT2D eigenvalue weighted by Gasteiger charge is 2.32. The first-order chi connectivity index (χ1) is 14.0. The summed E-state index contributed by atoms with van der Waals surface area (Å²) >= 11 is 0. The molecule has 3 aromatic rings. The SMILES string of the molecule is CC(C)C(=O)Nc1ccc(NC(=O)C2c3ccccc3Oc3ccccc32)cc1. The number of ether oxygens (including phenoxy) is 1. The summed E-state index contributed by atoms with van der Waals surface area (Å²) in [6.07, 6.45) is 0.